The van der Waals surface area contributed by atoms with Crippen LogP contribution >= 0.6 is 11.8 Å². The molecular weight excluding hydrogens is 272 g/mol. The first-order valence-electron chi connectivity index (χ1n) is 5.77. The van der Waals surface area contributed by atoms with Gasteiger partial charge < -0.3 is 19.9 Å². The largest absolute Gasteiger partial charge is 0.394 e. The molecule has 0 unspecified atom stereocenters. The van der Waals surface area contributed by atoms with Crippen molar-refractivity contribution in [2.24, 2.45) is 0 Å². The van der Waals surface area contributed by atoms with Gasteiger partial charge in [0.15, 0.2) is 22.5 Å². The third-order valence-corrected chi connectivity index (χ3v) is 4.72. The average molecular weight is 282 g/mol. The van der Waals surface area contributed by atoms with Crippen LogP contribution in [-0.4, -0.2) is 53.8 Å². The first kappa shape index (κ1) is 11.4. The van der Waals surface area contributed by atoms with Crippen LogP contribution in [0.1, 0.15) is 6.23 Å². The highest BCUT2D eigenvalue weighted by Gasteiger charge is 2.51. The van der Waals surface area contributed by atoms with Gasteiger partial charge in [0.05, 0.1) is 24.3 Å². The lowest BCUT2D eigenvalue weighted by atomic mass is 10.2. The summed E-state index contributed by atoms with van der Waals surface area (Å²) in [5, 5.41) is 19.6. The number of fused-ring (bicyclic) bond motifs is 5. The van der Waals surface area contributed by atoms with E-state index in [1.165, 1.54) is 18.1 Å². The van der Waals surface area contributed by atoms with Crippen molar-refractivity contribution in [1.29, 1.82) is 0 Å². The van der Waals surface area contributed by atoms with Gasteiger partial charge in [0.2, 0.25) is 0 Å². The molecule has 2 aromatic heterocycles. The maximum Gasteiger partial charge on any atom is 0.278 e. The SMILES string of the molecule is O=c1[nH]cnc2c1nc1n2[C@@H]2O[C@H](CO)[C@@H](O)[C@@H]2S1. The van der Waals surface area contributed by atoms with Crippen LogP contribution in [0.15, 0.2) is 16.3 Å². The van der Waals surface area contributed by atoms with Gasteiger partial charge in [0.1, 0.15) is 6.10 Å². The standard InChI is InChI=1S/C10H10N4O4S/c15-1-3-5(16)6-9(18-3)14-7-4(13-10(14)19-6)8(17)12-2-11-7/h2-3,5-6,9,15-16H,1H2,(H,11,12,17)/t3-,5-,6+,9-/m1/s1. The Balaban J connectivity index is 1.89. The number of hydrogen-bond acceptors (Lipinski definition) is 7. The zero-order chi connectivity index (χ0) is 13.1. The van der Waals surface area contributed by atoms with Crippen molar-refractivity contribution in [1.82, 2.24) is 19.5 Å². The molecule has 8 nitrogen and oxygen atoms in total. The Morgan fingerprint density at radius 1 is 1.58 bits per heavy atom. The van der Waals surface area contributed by atoms with Crippen molar-refractivity contribution in [2.75, 3.05) is 6.61 Å². The zero-order valence-corrected chi connectivity index (χ0v) is 10.4. The number of aromatic nitrogens is 4. The Bertz CT molecular complexity index is 713. The second-order valence-corrected chi connectivity index (χ2v) is 5.63. The smallest absolute Gasteiger partial charge is 0.278 e. The molecule has 0 radical (unpaired) electrons. The molecule has 0 bridgehead atoms. The predicted octanol–water partition coefficient (Wildman–Crippen LogP) is -1.16. The fourth-order valence-electron chi connectivity index (χ4n) is 2.54. The Kier molecular flexibility index (Phi) is 2.28. The maximum atomic E-state index is 11.7. The topological polar surface area (TPSA) is 113 Å². The monoisotopic (exact) mass is 282 g/mol. The Morgan fingerprint density at radius 3 is 3.21 bits per heavy atom. The van der Waals surface area contributed by atoms with Crippen LogP contribution in [-0.2, 0) is 4.74 Å². The highest BCUT2D eigenvalue weighted by molar-refractivity contribution is 8.00. The minimum atomic E-state index is -0.765. The molecule has 0 spiro atoms. The number of nitrogens with zero attached hydrogens (tertiary/aromatic N) is 3. The van der Waals surface area contributed by atoms with Crippen LogP contribution in [0.2, 0.25) is 0 Å². The van der Waals surface area contributed by atoms with Crippen molar-refractivity contribution in [2.45, 2.75) is 28.8 Å². The molecule has 0 saturated carbocycles. The number of aliphatic hydroxyl groups excluding tert-OH is 2. The van der Waals surface area contributed by atoms with Gasteiger partial charge in [-0.3, -0.25) is 9.36 Å². The number of hydrogen-bond donors (Lipinski definition) is 3. The van der Waals surface area contributed by atoms with Crippen LogP contribution in [0.3, 0.4) is 0 Å². The van der Waals surface area contributed by atoms with E-state index in [0.29, 0.717) is 10.8 Å². The molecule has 9 heteroatoms. The molecule has 100 valence electrons. The summed E-state index contributed by atoms with van der Waals surface area (Å²) < 4.78 is 7.34. The minimum Gasteiger partial charge on any atom is -0.394 e. The van der Waals surface area contributed by atoms with Gasteiger partial charge in [-0.15, -0.1) is 0 Å². The Labute approximate surface area is 110 Å². The van der Waals surface area contributed by atoms with Crippen LogP contribution in [0.25, 0.3) is 11.2 Å². The van der Waals surface area contributed by atoms with Crippen molar-refractivity contribution in [3.63, 3.8) is 0 Å². The number of ether oxygens (including phenoxy) is 1. The highest BCUT2D eigenvalue weighted by atomic mass is 32.2. The van der Waals surface area contributed by atoms with Crippen molar-refractivity contribution < 1.29 is 14.9 Å². The molecule has 1 fully saturated rings. The molecule has 2 aliphatic heterocycles. The Morgan fingerprint density at radius 2 is 2.42 bits per heavy atom. The third kappa shape index (κ3) is 1.38. The lowest BCUT2D eigenvalue weighted by molar-refractivity contribution is -0.0448. The molecule has 0 aliphatic carbocycles. The quantitative estimate of drug-likeness (QED) is 0.605. The fourth-order valence-corrected chi connectivity index (χ4v) is 3.85. The van der Waals surface area contributed by atoms with Crippen LogP contribution in [0, 0.1) is 0 Å². The lowest BCUT2D eigenvalue weighted by Crippen LogP contribution is -2.30. The van der Waals surface area contributed by atoms with E-state index in [1.807, 2.05) is 0 Å². The lowest BCUT2D eigenvalue weighted by Gasteiger charge is -2.12. The zero-order valence-electron chi connectivity index (χ0n) is 9.55. The van der Waals surface area contributed by atoms with Crippen LogP contribution < -0.4 is 5.56 Å². The van der Waals surface area contributed by atoms with E-state index in [2.05, 4.69) is 15.0 Å². The summed E-state index contributed by atoms with van der Waals surface area (Å²) in [5.74, 6) is 0. The molecule has 1 saturated heterocycles. The Hall–Kier alpha value is -1.42. The minimum absolute atomic E-state index is 0.231. The molecule has 0 amide bonds. The number of aliphatic hydroxyl groups is 2. The fraction of sp³-hybridized carbons (Fsp3) is 0.500. The number of imidazole rings is 1. The second kappa shape index (κ2) is 3.79. The van der Waals surface area contributed by atoms with Crippen LogP contribution in [0.5, 0.6) is 0 Å². The summed E-state index contributed by atoms with van der Waals surface area (Å²) >= 11 is 1.34. The predicted molar refractivity (Wildman–Crippen MR) is 64.8 cm³/mol. The first-order valence-corrected chi connectivity index (χ1v) is 6.65. The molecule has 4 atom stereocenters. The number of thioether (sulfide) groups is 1. The van der Waals surface area contributed by atoms with Crippen molar-refractivity contribution >= 4 is 22.9 Å². The summed E-state index contributed by atoms with van der Waals surface area (Å²) in [6.45, 7) is -0.245. The number of rotatable bonds is 1. The summed E-state index contributed by atoms with van der Waals surface area (Å²) in [5.41, 5.74) is 0.389. The molecule has 3 N–H and O–H groups in total. The molecular formula is C10H10N4O4S. The summed E-state index contributed by atoms with van der Waals surface area (Å²) in [6.07, 6.45) is -0.521. The van der Waals surface area contributed by atoms with Gasteiger partial charge in [0, 0.05) is 0 Å². The van der Waals surface area contributed by atoms with E-state index in [0.717, 1.165) is 0 Å². The molecule has 19 heavy (non-hydrogen) atoms. The normalized spacial score (nSPS) is 32.7. The van der Waals surface area contributed by atoms with E-state index in [4.69, 9.17) is 9.84 Å². The van der Waals surface area contributed by atoms with Gasteiger partial charge in [-0.2, -0.15) is 0 Å². The highest BCUT2D eigenvalue weighted by Crippen LogP contribution is 2.48. The first-order chi connectivity index (χ1) is 9.20. The van der Waals surface area contributed by atoms with E-state index in [-0.39, 0.29) is 22.9 Å². The van der Waals surface area contributed by atoms with Gasteiger partial charge >= 0.3 is 0 Å². The summed E-state index contributed by atoms with van der Waals surface area (Å²) in [7, 11) is 0. The maximum absolute atomic E-state index is 11.7. The van der Waals surface area contributed by atoms with Crippen molar-refractivity contribution in [3.8, 4) is 0 Å². The number of aromatic amines is 1. The van der Waals surface area contributed by atoms with Crippen molar-refractivity contribution in [3.05, 3.63) is 16.7 Å². The molecule has 0 aromatic carbocycles. The summed E-state index contributed by atoms with van der Waals surface area (Å²) in [6, 6.07) is 0. The number of nitrogens with one attached hydrogen (secondary N) is 1. The second-order valence-electron chi connectivity index (χ2n) is 4.49. The molecule has 4 rings (SSSR count). The van der Waals surface area contributed by atoms with E-state index in [9.17, 15) is 9.90 Å². The molecule has 2 aliphatic rings. The third-order valence-electron chi connectivity index (χ3n) is 3.44. The molecule has 4 heterocycles. The van der Waals surface area contributed by atoms with Gasteiger partial charge in [-0.1, -0.05) is 11.8 Å². The summed E-state index contributed by atoms with van der Waals surface area (Å²) in [4.78, 5) is 22.5. The van der Waals surface area contributed by atoms with Gasteiger partial charge in [-0.05, 0) is 0 Å². The van der Waals surface area contributed by atoms with Crippen LogP contribution in [0.4, 0.5) is 0 Å². The van der Waals surface area contributed by atoms with Gasteiger partial charge in [-0.25, -0.2) is 9.97 Å². The average Bonchev–Trinajstić information content (AvgIpc) is 3.00. The van der Waals surface area contributed by atoms with E-state index in [1.54, 1.807) is 4.57 Å². The van der Waals surface area contributed by atoms with Gasteiger partial charge in [0.25, 0.3) is 5.56 Å². The van der Waals surface area contributed by atoms with E-state index < -0.39 is 18.4 Å². The van der Waals surface area contributed by atoms with E-state index >= 15 is 0 Å². The number of H-pyrrole nitrogens is 1. The molecule has 2 aromatic rings.